The predicted octanol–water partition coefficient (Wildman–Crippen LogP) is 4.79. The van der Waals surface area contributed by atoms with E-state index in [9.17, 15) is 20.2 Å². The van der Waals surface area contributed by atoms with Crippen molar-refractivity contribution in [2.24, 2.45) is 0 Å². The Labute approximate surface area is 162 Å². The van der Waals surface area contributed by atoms with Crippen molar-refractivity contribution in [2.45, 2.75) is 13.8 Å². The van der Waals surface area contributed by atoms with Crippen LogP contribution in [0.25, 0.3) is 11.8 Å². The van der Waals surface area contributed by atoms with E-state index in [0.29, 0.717) is 5.56 Å². The molecule has 6 nitrogen and oxygen atoms in total. The molecule has 2 aromatic carbocycles. The second-order valence-corrected chi connectivity index (χ2v) is 6.30. The molecule has 28 heavy (non-hydrogen) atoms. The molecule has 0 bridgehead atoms. The fraction of sp³-hybridized carbons (Fsp3) is 0.0909. The van der Waals surface area contributed by atoms with E-state index in [1.807, 2.05) is 36.6 Å². The number of nitro benzene ring substituents is 1. The first-order valence-electron chi connectivity index (χ1n) is 8.57. The van der Waals surface area contributed by atoms with Crippen molar-refractivity contribution in [1.29, 1.82) is 5.26 Å². The standard InChI is InChI=1S/C22H17N3O3/c1-15-12-18(13-19(14-23)22(26)17-6-4-3-5-7-17)16(2)24(15)20-8-10-21(11-9-20)25(27)28/h3-13H,1-2H3/b19-13+. The number of rotatable bonds is 5. The molecule has 0 radical (unpaired) electrons. The summed E-state index contributed by atoms with van der Waals surface area (Å²) in [6.07, 6.45) is 1.58. The van der Waals surface area contributed by atoms with Crippen molar-refractivity contribution >= 4 is 17.5 Å². The summed E-state index contributed by atoms with van der Waals surface area (Å²) in [6, 6.07) is 18.8. The van der Waals surface area contributed by atoms with Gasteiger partial charge in [0.1, 0.15) is 11.6 Å². The van der Waals surface area contributed by atoms with Gasteiger partial charge in [0, 0.05) is 34.8 Å². The van der Waals surface area contributed by atoms with Crippen molar-refractivity contribution in [3.63, 3.8) is 0 Å². The maximum absolute atomic E-state index is 12.6. The number of benzene rings is 2. The third-order valence-electron chi connectivity index (χ3n) is 4.49. The number of nitro groups is 1. The van der Waals surface area contributed by atoms with E-state index in [1.54, 1.807) is 42.5 Å². The van der Waals surface area contributed by atoms with E-state index >= 15 is 0 Å². The van der Waals surface area contributed by atoms with Crippen LogP contribution in [0, 0.1) is 35.3 Å². The van der Waals surface area contributed by atoms with E-state index in [2.05, 4.69) is 0 Å². The van der Waals surface area contributed by atoms with Gasteiger partial charge in [0.25, 0.3) is 5.69 Å². The highest BCUT2D eigenvalue weighted by Crippen LogP contribution is 2.25. The van der Waals surface area contributed by atoms with Gasteiger partial charge >= 0.3 is 0 Å². The number of aromatic nitrogens is 1. The van der Waals surface area contributed by atoms with Gasteiger partial charge < -0.3 is 4.57 Å². The van der Waals surface area contributed by atoms with Crippen LogP contribution in [-0.2, 0) is 0 Å². The minimum Gasteiger partial charge on any atom is -0.318 e. The van der Waals surface area contributed by atoms with E-state index < -0.39 is 4.92 Å². The van der Waals surface area contributed by atoms with E-state index in [0.717, 1.165) is 22.6 Å². The number of hydrogen-bond acceptors (Lipinski definition) is 4. The summed E-state index contributed by atoms with van der Waals surface area (Å²) in [5.74, 6) is -0.330. The molecule has 1 aromatic heterocycles. The van der Waals surface area contributed by atoms with Crippen LogP contribution in [0.5, 0.6) is 0 Å². The van der Waals surface area contributed by atoms with Crippen LogP contribution in [0.1, 0.15) is 27.3 Å². The van der Waals surface area contributed by atoms with E-state index in [-0.39, 0.29) is 17.0 Å². The molecule has 3 aromatic rings. The first-order valence-corrected chi connectivity index (χ1v) is 8.57. The normalized spacial score (nSPS) is 11.1. The van der Waals surface area contributed by atoms with Crippen molar-refractivity contribution in [1.82, 2.24) is 4.57 Å². The molecule has 138 valence electrons. The number of Topliss-reactive ketones (excluding diaryl/α,β-unsaturated/α-hetero) is 1. The average molecular weight is 371 g/mol. The van der Waals surface area contributed by atoms with Crippen LogP contribution in [-0.4, -0.2) is 15.3 Å². The van der Waals surface area contributed by atoms with Gasteiger partial charge in [-0.1, -0.05) is 30.3 Å². The Morgan fingerprint density at radius 1 is 1.11 bits per heavy atom. The Kier molecular flexibility index (Phi) is 5.18. The number of aryl methyl sites for hydroxylation is 1. The fourth-order valence-electron chi connectivity index (χ4n) is 3.10. The van der Waals surface area contributed by atoms with Crippen molar-refractivity contribution in [3.8, 4) is 11.8 Å². The minimum atomic E-state index is -0.443. The summed E-state index contributed by atoms with van der Waals surface area (Å²) in [4.78, 5) is 23.0. The number of carbonyl (C=O) groups is 1. The molecule has 0 N–H and O–H groups in total. The Hall–Kier alpha value is -3.98. The molecule has 0 fully saturated rings. The van der Waals surface area contributed by atoms with E-state index in [1.165, 1.54) is 12.1 Å². The highest BCUT2D eigenvalue weighted by molar-refractivity contribution is 6.14. The molecule has 1 heterocycles. The fourth-order valence-corrected chi connectivity index (χ4v) is 3.10. The maximum atomic E-state index is 12.6. The quantitative estimate of drug-likeness (QED) is 0.212. The van der Waals surface area contributed by atoms with Gasteiger partial charge in [0.05, 0.1) is 4.92 Å². The van der Waals surface area contributed by atoms with Crippen LogP contribution in [0.3, 0.4) is 0 Å². The molecule has 0 aliphatic rings. The lowest BCUT2D eigenvalue weighted by molar-refractivity contribution is -0.384. The van der Waals surface area contributed by atoms with Crippen molar-refractivity contribution < 1.29 is 9.72 Å². The van der Waals surface area contributed by atoms with Crippen LogP contribution in [0.4, 0.5) is 5.69 Å². The van der Waals surface area contributed by atoms with Gasteiger partial charge in [-0.2, -0.15) is 5.26 Å². The first kappa shape index (κ1) is 18.8. The lowest BCUT2D eigenvalue weighted by Crippen LogP contribution is -2.02. The second kappa shape index (κ2) is 7.72. The largest absolute Gasteiger partial charge is 0.318 e. The van der Waals surface area contributed by atoms with E-state index in [4.69, 9.17) is 0 Å². The molecular weight excluding hydrogens is 354 g/mol. The summed E-state index contributed by atoms with van der Waals surface area (Å²) < 4.78 is 1.93. The van der Waals surface area contributed by atoms with Crippen LogP contribution < -0.4 is 0 Å². The Bertz CT molecular complexity index is 1120. The monoisotopic (exact) mass is 371 g/mol. The summed E-state index contributed by atoms with van der Waals surface area (Å²) in [5, 5.41) is 20.3. The van der Waals surface area contributed by atoms with Gasteiger partial charge in [-0.3, -0.25) is 14.9 Å². The number of allylic oxidation sites excluding steroid dienone is 1. The smallest absolute Gasteiger partial charge is 0.269 e. The lowest BCUT2D eigenvalue weighted by atomic mass is 10.0. The van der Waals surface area contributed by atoms with Crippen molar-refractivity contribution in [3.05, 3.63) is 98.9 Å². The minimum absolute atomic E-state index is 0.0200. The number of nitriles is 1. The molecule has 0 aliphatic carbocycles. The highest BCUT2D eigenvalue weighted by atomic mass is 16.6. The topological polar surface area (TPSA) is 88.9 Å². The zero-order valence-corrected chi connectivity index (χ0v) is 15.4. The van der Waals surface area contributed by atoms with Crippen LogP contribution in [0.15, 0.2) is 66.2 Å². The van der Waals surface area contributed by atoms with Gasteiger partial charge in [-0.25, -0.2) is 0 Å². The first-order chi connectivity index (χ1) is 13.4. The van der Waals surface area contributed by atoms with Gasteiger partial charge in [-0.05, 0) is 43.7 Å². The average Bonchev–Trinajstić information content (AvgIpc) is 2.99. The van der Waals surface area contributed by atoms with Crippen LogP contribution >= 0.6 is 0 Å². The molecule has 6 heteroatoms. The number of nitrogens with zero attached hydrogens (tertiary/aromatic N) is 3. The van der Waals surface area contributed by atoms with Gasteiger partial charge in [0.2, 0.25) is 5.78 Å². The molecule has 0 unspecified atom stereocenters. The lowest BCUT2D eigenvalue weighted by Gasteiger charge is -2.09. The van der Waals surface area contributed by atoms with Crippen molar-refractivity contribution in [2.75, 3.05) is 0 Å². The third kappa shape index (κ3) is 3.60. The highest BCUT2D eigenvalue weighted by Gasteiger charge is 2.15. The summed E-state index contributed by atoms with van der Waals surface area (Å²) in [6.45, 7) is 3.78. The Morgan fingerprint density at radius 2 is 1.75 bits per heavy atom. The summed E-state index contributed by atoms with van der Waals surface area (Å²) in [7, 11) is 0. The third-order valence-corrected chi connectivity index (χ3v) is 4.49. The zero-order valence-electron chi connectivity index (χ0n) is 15.4. The molecule has 3 rings (SSSR count). The number of non-ortho nitro benzene ring substituents is 1. The molecule has 0 saturated carbocycles. The number of carbonyl (C=O) groups excluding carboxylic acids is 1. The second-order valence-electron chi connectivity index (χ2n) is 6.30. The summed E-state index contributed by atoms with van der Waals surface area (Å²) in [5.41, 5.74) is 3.77. The number of hydrogen-bond donors (Lipinski definition) is 0. The molecule has 0 atom stereocenters. The molecule has 0 saturated heterocycles. The maximum Gasteiger partial charge on any atom is 0.269 e. The van der Waals surface area contributed by atoms with Gasteiger partial charge in [0.15, 0.2) is 0 Å². The SMILES string of the molecule is Cc1cc(/C=C(\C#N)C(=O)c2ccccc2)c(C)n1-c1ccc([N+](=O)[O-])cc1. The Morgan fingerprint density at radius 3 is 2.32 bits per heavy atom. The number of ketones is 1. The molecular formula is C22H17N3O3. The van der Waals surface area contributed by atoms with Crippen LogP contribution in [0.2, 0.25) is 0 Å². The molecule has 0 amide bonds. The molecule has 0 spiro atoms. The molecule has 0 aliphatic heterocycles. The Balaban J connectivity index is 2.01. The summed E-state index contributed by atoms with van der Waals surface area (Å²) >= 11 is 0. The zero-order chi connectivity index (χ0) is 20.3. The predicted molar refractivity (Wildman–Crippen MR) is 106 cm³/mol. The van der Waals surface area contributed by atoms with Gasteiger partial charge in [-0.15, -0.1) is 0 Å².